The quantitative estimate of drug-likeness (QED) is 0.899. The number of anilines is 1. The van der Waals surface area contributed by atoms with E-state index in [4.69, 9.17) is 5.73 Å². The second kappa shape index (κ2) is 5.88. The Labute approximate surface area is 115 Å². The van der Waals surface area contributed by atoms with Gasteiger partial charge in [-0.3, -0.25) is 9.80 Å². The Balaban J connectivity index is 1.50. The molecule has 19 heavy (non-hydrogen) atoms. The number of nitrogens with two attached hydrogens (primary N) is 1. The van der Waals surface area contributed by atoms with Crippen molar-refractivity contribution in [3.63, 3.8) is 0 Å². The molecule has 2 N–H and O–H groups in total. The van der Waals surface area contributed by atoms with E-state index in [0.29, 0.717) is 5.82 Å². The van der Waals surface area contributed by atoms with Gasteiger partial charge in [-0.25, -0.2) is 4.98 Å². The van der Waals surface area contributed by atoms with Gasteiger partial charge in [0.1, 0.15) is 5.82 Å². The predicted octanol–water partition coefficient (Wildman–Crippen LogP) is 1.72. The van der Waals surface area contributed by atoms with Gasteiger partial charge in [0, 0.05) is 45.0 Å². The number of piperazine rings is 1. The SMILES string of the molecule is Nc1cc(CN2CCN(C3CCCC3)CC2)ccn1. The van der Waals surface area contributed by atoms with Crippen molar-refractivity contribution < 1.29 is 0 Å². The van der Waals surface area contributed by atoms with E-state index in [1.165, 1.54) is 57.4 Å². The fourth-order valence-electron chi connectivity index (χ4n) is 3.41. The second-order valence-electron chi connectivity index (χ2n) is 5.84. The van der Waals surface area contributed by atoms with Crippen molar-refractivity contribution in [2.24, 2.45) is 0 Å². The van der Waals surface area contributed by atoms with Gasteiger partial charge in [0.25, 0.3) is 0 Å². The lowest BCUT2D eigenvalue weighted by molar-refractivity contribution is 0.0937. The first-order valence-corrected chi connectivity index (χ1v) is 7.48. The van der Waals surface area contributed by atoms with Crippen molar-refractivity contribution >= 4 is 5.82 Å². The van der Waals surface area contributed by atoms with Crippen LogP contribution in [0.5, 0.6) is 0 Å². The van der Waals surface area contributed by atoms with Crippen LogP contribution < -0.4 is 5.73 Å². The van der Waals surface area contributed by atoms with Crippen LogP contribution in [-0.2, 0) is 6.54 Å². The maximum absolute atomic E-state index is 5.73. The predicted molar refractivity (Wildman–Crippen MR) is 77.8 cm³/mol. The molecule has 1 aromatic rings. The number of hydrogen-bond donors (Lipinski definition) is 1. The van der Waals surface area contributed by atoms with Crippen molar-refractivity contribution in [1.29, 1.82) is 0 Å². The summed E-state index contributed by atoms with van der Waals surface area (Å²) >= 11 is 0. The summed E-state index contributed by atoms with van der Waals surface area (Å²) in [5.74, 6) is 0.627. The molecule has 1 saturated heterocycles. The summed E-state index contributed by atoms with van der Waals surface area (Å²) in [6.07, 6.45) is 7.50. The Bertz CT molecular complexity index is 406. The zero-order valence-corrected chi connectivity index (χ0v) is 11.6. The molecule has 1 aromatic heterocycles. The minimum Gasteiger partial charge on any atom is -0.384 e. The maximum atomic E-state index is 5.73. The lowest BCUT2D eigenvalue weighted by Gasteiger charge is -2.38. The largest absolute Gasteiger partial charge is 0.384 e. The van der Waals surface area contributed by atoms with Crippen molar-refractivity contribution in [2.75, 3.05) is 31.9 Å². The van der Waals surface area contributed by atoms with Gasteiger partial charge < -0.3 is 5.73 Å². The lowest BCUT2D eigenvalue weighted by atomic mass is 10.1. The second-order valence-corrected chi connectivity index (χ2v) is 5.84. The van der Waals surface area contributed by atoms with Crippen LogP contribution >= 0.6 is 0 Å². The van der Waals surface area contributed by atoms with Crippen LogP contribution in [0.4, 0.5) is 5.82 Å². The summed E-state index contributed by atoms with van der Waals surface area (Å²) in [7, 11) is 0. The van der Waals surface area contributed by atoms with Crippen molar-refractivity contribution in [2.45, 2.75) is 38.3 Å². The summed E-state index contributed by atoms with van der Waals surface area (Å²) in [4.78, 5) is 9.28. The standard InChI is InChI=1S/C15H24N4/c16-15-11-13(5-6-17-15)12-18-7-9-19(10-8-18)14-3-1-2-4-14/h5-6,11,14H,1-4,7-10,12H2,(H2,16,17). The minimum absolute atomic E-state index is 0.627. The smallest absolute Gasteiger partial charge is 0.123 e. The first kappa shape index (κ1) is 12.9. The monoisotopic (exact) mass is 260 g/mol. The molecule has 1 aliphatic heterocycles. The van der Waals surface area contributed by atoms with Crippen molar-refractivity contribution in [3.05, 3.63) is 23.9 Å². The highest BCUT2D eigenvalue weighted by Crippen LogP contribution is 2.24. The zero-order chi connectivity index (χ0) is 13.1. The molecule has 2 fully saturated rings. The summed E-state index contributed by atoms with van der Waals surface area (Å²) in [6, 6.07) is 4.93. The number of aromatic nitrogens is 1. The van der Waals surface area contributed by atoms with E-state index in [1.54, 1.807) is 6.20 Å². The van der Waals surface area contributed by atoms with Crippen LogP contribution in [0.1, 0.15) is 31.2 Å². The van der Waals surface area contributed by atoms with Crippen LogP contribution in [0.25, 0.3) is 0 Å². The van der Waals surface area contributed by atoms with Crippen LogP contribution in [0, 0.1) is 0 Å². The Morgan fingerprint density at radius 1 is 1.16 bits per heavy atom. The van der Waals surface area contributed by atoms with Gasteiger partial charge in [-0.2, -0.15) is 0 Å². The third-order valence-electron chi connectivity index (χ3n) is 4.50. The summed E-state index contributed by atoms with van der Waals surface area (Å²) in [5.41, 5.74) is 7.01. The van der Waals surface area contributed by atoms with Crippen LogP contribution in [0.3, 0.4) is 0 Å². The number of nitrogens with zero attached hydrogens (tertiary/aromatic N) is 3. The topological polar surface area (TPSA) is 45.4 Å². The lowest BCUT2D eigenvalue weighted by Crippen LogP contribution is -2.49. The third-order valence-corrected chi connectivity index (χ3v) is 4.50. The van der Waals surface area contributed by atoms with Gasteiger partial charge in [0.05, 0.1) is 0 Å². The zero-order valence-electron chi connectivity index (χ0n) is 11.6. The summed E-state index contributed by atoms with van der Waals surface area (Å²) in [5, 5.41) is 0. The van der Waals surface area contributed by atoms with Crippen LogP contribution in [0.15, 0.2) is 18.3 Å². The molecule has 4 nitrogen and oxygen atoms in total. The highest BCUT2D eigenvalue weighted by molar-refractivity contribution is 5.31. The number of pyridine rings is 1. The molecule has 0 spiro atoms. The van der Waals surface area contributed by atoms with E-state index in [1.807, 2.05) is 6.07 Å². The Morgan fingerprint density at radius 3 is 2.58 bits per heavy atom. The number of nitrogen functional groups attached to an aromatic ring is 1. The molecule has 2 heterocycles. The van der Waals surface area contributed by atoms with Crippen molar-refractivity contribution in [1.82, 2.24) is 14.8 Å². The van der Waals surface area contributed by atoms with E-state index in [9.17, 15) is 0 Å². The molecule has 0 bridgehead atoms. The van der Waals surface area contributed by atoms with Gasteiger partial charge in [0.2, 0.25) is 0 Å². The first-order chi connectivity index (χ1) is 9.31. The van der Waals surface area contributed by atoms with E-state index >= 15 is 0 Å². The van der Waals surface area contributed by atoms with E-state index in [0.717, 1.165) is 12.6 Å². The molecule has 0 atom stereocenters. The normalized spacial score (nSPS) is 22.9. The molecule has 3 rings (SSSR count). The van der Waals surface area contributed by atoms with Gasteiger partial charge >= 0.3 is 0 Å². The summed E-state index contributed by atoms with van der Waals surface area (Å²) in [6.45, 7) is 5.82. The van der Waals surface area contributed by atoms with E-state index < -0.39 is 0 Å². The molecule has 1 saturated carbocycles. The Hall–Kier alpha value is -1.13. The minimum atomic E-state index is 0.627. The van der Waals surface area contributed by atoms with Gasteiger partial charge in [-0.05, 0) is 30.5 Å². The average molecular weight is 260 g/mol. The first-order valence-electron chi connectivity index (χ1n) is 7.48. The maximum Gasteiger partial charge on any atom is 0.123 e. The highest BCUT2D eigenvalue weighted by atomic mass is 15.3. The highest BCUT2D eigenvalue weighted by Gasteiger charge is 2.25. The molecular formula is C15H24N4. The molecule has 0 amide bonds. The molecule has 2 aliphatic rings. The van der Waals surface area contributed by atoms with E-state index in [2.05, 4.69) is 20.9 Å². The van der Waals surface area contributed by atoms with Crippen molar-refractivity contribution in [3.8, 4) is 0 Å². The molecule has 4 heteroatoms. The molecule has 0 unspecified atom stereocenters. The molecule has 0 radical (unpaired) electrons. The molecule has 104 valence electrons. The average Bonchev–Trinajstić information content (AvgIpc) is 2.94. The third kappa shape index (κ3) is 3.25. The molecule has 0 aromatic carbocycles. The molecule has 1 aliphatic carbocycles. The Morgan fingerprint density at radius 2 is 1.89 bits per heavy atom. The van der Waals surface area contributed by atoms with Crippen LogP contribution in [-0.4, -0.2) is 47.0 Å². The number of rotatable bonds is 3. The summed E-state index contributed by atoms with van der Waals surface area (Å²) < 4.78 is 0. The van der Waals surface area contributed by atoms with E-state index in [-0.39, 0.29) is 0 Å². The number of hydrogen-bond acceptors (Lipinski definition) is 4. The Kier molecular flexibility index (Phi) is 3.99. The van der Waals surface area contributed by atoms with Gasteiger partial charge in [-0.15, -0.1) is 0 Å². The fraction of sp³-hybridized carbons (Fsp3) is 0.667. The fourth-order valence-corrected chi connectivity index (χ4v) is 3.41. The van der Waals surface area contributed by atoms with Crippen LogP contribution in [0.2, 0.25) is 0 Å². The molecular weight excluding hydrogens is 236 g/mol. The van der Waals surface area contributed by atoms with Gasteiger partial charge in [0.15, 0.2) is 0 Å². The van der Waals surface area contributed by atoms with Gasteiger partial charge in [-0.1, -0.05) is 12.8 Å².